The molecule has 1 aromatic carbocycles. The summed E-state index contributed by atoms with van der Waals surface area (Å²) in [4.78, 5) is 23.2. The largest absolute Gasteiger partial charge is 0.462 e. The highest BCUT2D eigenvalue weighted by atomic mass is 35.5. The van der Waals surface area contributed by atoms with E-state index in [0.29, 0.717) is 0 Å². The number of carbonyl (C=O) groups is 1. The molecular weight excluding hydrogens is 553 g/mol. The summed E-state index contributed by atoms with van der Waals surface area (Å²) in [5, 5.41) is 13.6. The Hall–Kier alpha value is -3.00. The van der Waals surface area contributed by atoms with E-state index in [1.807, 2.05) is 0 Å². The van der Waals surface area contributed by atoms with Crippen molar-refractivity contribution in [3.05, 3.63) is 36.7 Å². The van der Waals surface area contributed by atoms with Crippen LogP contribution in [0.25, 0.3) is 11.2 Å². The molecule has 14 nitrogen and oxygen atoms in total. The second kappa shape index (κ2) is 11.2. The molecule has 0 spiro atoms. The number of halogens is 1. The van der Waals surface area contributed by atoms with E-state index < -0.39 is 49.7 Å². The predicted octanol–water partition coefficient (Wildman–Crippen LogP) is 2.38. The van der Waals surface area contributed by atoms with Gasteiger partial charge in [0, 0.05) is 0 Å². The summed E-state index contributed by atoms with van der Waals surface area (Å²) in [6.45, 7) is 5.99. The van der Waals surface area contributed by atoms with Crippen molar-refractivity contribution in [3.8, 4) is 5.75 Å². The normalized spacial score (nSPS) is 25.5. The number of fused-ring (bicyclic) bond motifs is 1. The average Bonchev–Trinajstić information content (AvgIpc) is 3.36. The number of hydrogen-bond acceptors (Lipinski definition) is 12. The lowest BCUT2D eigenvalue weighted by atomic mass is 10.0. The number of aromatic nitrogens is 4. The maximum absolute atomic E-state index is 13.8. The topological polar surface area (TPSA) is 199 Å². The molecule has 6 atom stereocenters. The molecule has 3 aromatic rings. The first-order valence-corrected chi connectivity index (χ1v) is 14.0. The number of nitrogens with zero attached hydrogens (tertiary/aromatic N) is 4. The van der Waals surface area contributed by atoms with Crippen molar-refractivity contribution in [2.45, 2.75) is 63.2 Å². The van der Waals surface area contributed by atoms with Crippen molar-refractivity contribution in [1.82, 2.24) is 24.6 Å². The number of aliphatic hydroxyl groups excluding tert-OH is 1. The van der Waals surface area contributed by atoms with Crippen molar-refractivity contribution in [2.24, 2.45) is 0 Å². The molecule has 212 valence electrons. The first-order chi connectivity index (χ1) is 18.3. The number of imidazole rings is 1. The SMILES string of the molecule is CC(C)OC(=O)[C@H](C)N[P@](=O)(OC[C@H]1O[C@@H](n2cnc3c(N)nc(N)nc32)[C@](C)(Cl)[C@@H]1O)Oc1ccccc1. The van der Waals surface area contributed by atoms with Crippen molar-refractivity contribution in [1.29, 1.82) is 0 Å². The lowest BCUT2D eigenvalue weighted by molar-refractivity contribution is -0.149. The van der Waals surface area contributed by atoms with E-state index in [9.17, 15) is 14.5 Å². The average molecular weight is 584 g/mol. The number of nitrogen functional groups attached to an aromatic ring is 2. The molecule has 1 aliphatic heterocycles. The van der Waals surface area contributed by atoms with Crippen LogP contribution in [0.4, 0.5) is 11.8 Å². The van der Waals surface area contributed by atoms with Crippen LogP contribution >= 0.6 is 19.3 Å². The van der Waals surface area contributed by atoms with Gasteiger partial charge in [-0.05, 0) is 39.8 Å². The highest BCUT2D eigenvalue weighted by Crippen LogP contribution is 2.48. The number of carbonyl (C=O) groups excluding carboxylic acids is 1. The number of esters is 1. The Morgan fingerprint density at radius 2 is 1.97 bits per heavy atom. The summed E-state index contributed by atoms with van der Waals surface area (Å²) in [7, 11) is -4.21. The summed E-state index contributed by atoms with van der Waals surface area (Å²) in [5.41, 5.74) is 12.2. The van der Waals surface area contributed by atoms with Crippen LogP contribution in [0.1, 0.15) is 33.9 Å². The summed E-state index contributed by atoms with van der Waals surface area (Å²) in [6, 6.07) is 7.22. The predicted molar refractivity (Wildman–Crippen MR) is 143 cm³/mol. The molecule has 3 heterocycles. The fourth-order valence-corrected chi connectivity index (χ4v) is 5.78. The van der Waals surface area contributed by atoms with Gasteiger partial charge in [-0.2, -0.15) is 15.1 Å². The number of hydrogen-bond donors (Lipinski definition) is 4. The second-order valence-corrected chi connectivity index (χ2v) is 12.0. The number of benzene rings is 1. The Morgan fingerprint density at radius 1 is 1.28 bits per heavy atom. The lowest BCUT2D eigenvalue weighted by Crippen LogP contribution is -2.40. The summed E-state index contributed by atoms with van der Waals surface area (Å²) < 4.78 is 37.8. The van der Waals surface area contributed by atoms with E-state index in [0.717, 1.165) is 0 Å². The van der Waals surface area contributed by atoms with Gasteiger partial charge < -0.3 is 30.6 Å². The number of rotatable bonds is 10. The van der Waals surface area contributed by atoms with Crippen molar-refractivity contribution in [2.75, 3.05) is 18.1 Å². The van der Waals surface area contributed by atoms with Crippen LogP contribution in [0.3, 0.4) is 0 Å². The highest BCUT2D eigenvalue weighted by Gasteiger charge is 2.54. The second-order valence-electron chi connectivity index (χ2n) is 9.45. The number of ether oxygens (including phenoxy) is 2. The molecule has 0 radical (unpaired) electrons. The van der Waals surface area contributed by atoms with Crippen LogP contribution in [-0.4, -0.2) is 66.4 Å². The molecule has 0 bridgehead atoms. The van der Waals surface area contributed by atoms with Crippen LogP contribution in [0, 0.1) is 0 Å². The van der Waals surface area contributed by atoms with Gasteiger partial charge >= 0.3 is 13.7 Å². The molecule has 0 amide bonds. The Balaban J connectivity index is 1.55. The molecule has 1 fully saturated rings. The van der Waals surface area contributed by atoms with Gasteiger partial charge in [-0.3, -0.25) is 13.9 Å². The van der Waals surface area contributed by atoms with Gasteiger partial charge in [-0.15, -0.1) is 11.6 Å². The highest BCUT2D eigenvalue weighted by molar-refractivity contribution is 7.52. The van der Waals surface area contributed by atoms with E-state index in [-0.39, 0.29) is 34.8 Å². The zero-order valence-corrected chi connectivity index (χ0v) is 23.4. The fourth-order valence-electron chi connectivity index (χ4n) is 3.98. The third kappa shape index (κ3) is 6.26. The van der Waals surface area contributed by atoms with Crippen LogP contribution in [0.5, 0.6) is 5.75 Å². The summed E-state index contributed by atoms with van der Waals surface area (Å²) in [6.07, 6.45) is -2.36. The number of para-hydroxylation sites is 1. The Labute approximate surface area is 229 Å². The van der Waals surface area contributed by atoms with Gasteiger partial charge in [-0.25, -0.2) is 9.55 Å². The minimum atomic E-state index is -4.21. The molecule has 39 heavy (non-hydrogen) atoms. The van der Waals surface area contributed by atoms with Crippen molar-refractivity contribution < 1.29 is 33.0 Å². The first kappa shape index (κ1) is 29.0. The molecule has 0 aliphatic carbocycles. The summed E-state index contributed by atoms with van der Waals surface area (Å²) in [5.74, 6) is -0.429. The van der Waals surface area contributed by atoms with Gasteiger partial charge in [-0.1, -0.05) is 18.2 Å². The van der Waals surface area contributed by atoms with E-state index >= 15 is 0 Å². The van der Waals surface area contributed by atoms with Crippen LogP contribution in [0.15, 0.2) is 36.7 Å². The van der Waals surface area contributed by atoms with Gasteiger partial charge in [0.25, 0.3) is 0 Å². The van der Waals surface area contributed by atoms with Gasteiger partial charge in [0.1, 0.15) is 34.4 Å². The molecule has 0 saturated carbocycles. The number of alkyl halides is 1. The number of anilines is 2. The third-order valence-corrected chi connectivity index (χ3v) is 7.92. The van der Waals surface area contributed by atoms with Crippen LogP contribution < -0.4 is 21.1 Å². The van der Waals surface area contributed by atoms with Crippen molar-refractivity contribution in [3.63, 3.8) is 0 Å². The Bertz CT molecular complexity index is 1370. The minimum absolute atomic E-state index is 0.0705. The van der Waals surface area contributed by atoms with E-state index in [1.54, 1.807) is 51.1 Å². The smallest absolute Gasteiger partial charge is 0.459 e. The van der Waals surface area contributed by atoms with E-state index in [4.69, 9.17) is 41.6 Å². The van der Waals surface area contributed by atoms with Crippen LogP contribution in [0.2, 0.25) is 0 Å². The lowest BCUT2D eigenvalue weighted by Gasteiger charge is -2.26. The van der Waals surface area contributed by atoms with E-state index in [2.05, 4.69) is 20.0 Å². The molecule has 1 saturated heterocycles. The van der Waals surface area contributed by atoms with Crippen LogP contribution in [-0.2, 0) is 23.4 Å². The number of nitrogens with one attached hydrogen (secondary N) is 1. The van der Waals surface area contributed by atoms with Gasteiger partial charge in [0.2, 0.25) is 5.95 Å². The maximum atomic E-state index is 13.8. The molecular formula is C23H31ClN7O7P. The number of nitrogens with two attached hydrogens (primary N) is 2. The minimum Gasteiger partial charge on any atom is -0.462 e. The third-order valence-electron chi connectivity index (χ3n) is 5.87. The fraction of sp³-hybridized carbons (Fsp3) is 0.478. The molecule has 0 unspecified atom stereocenters. The number of aliphatic hydroxyl groups is 1. The zero-order chi connectivity index (χ0) is 28.5. The van der Waals surface area contributed by atoms with E-state index in [1.165, 1.54) is 17.8 Å². The quantitative estimate of drug-likeness (QED) is 0.154. The van der Waals surface area contributed by atoms with Crippen molar-refractivity contribution >= 4 is 48.2 Å². The zero-order valence-electron chi connectivity index (χ0n) is 21.7. The molecule has 6 N–H and O–H groups in total. The summed E-state index contributed by atoms with van der Waals surface area (Å²) >= 11 is 6.74. The van der Waals surface area contributed by atoms with Gasteiger partial charge in [0.05, 0.1) is 19.0 Å². The molecule has 16 heteroatoms. The monoisotopic (exact) mass is 583 g/mol. The maximum Gasteiger partial charge on any atom is 0.459 e. The Morgan fingerprint density at radius 3 is 2.64 bits per heavy atom. The first-order valence-electron chi connectivity index (χ1n) is 12.1. The standard InChI is InChI=1S/C23H31ClN7O7P/c1-12(2)36-20(33)13(3)30-39(34,38-14-8-6-5-7-9-14)35-10-15-17(32)23(4,24)21(37-15)31-11-27-16-18(25)28-22(26)29-19(16)31/h5-9,11-13,15,17,21,32H,10H2,1-4H3,(H,30,34)(H4,25,26,28,29)/t13-,15+,17+,21+,23+,39-/m0/s1. The molecule has 4 rings (SSSR count). The Kier molecular flexibility index (Phi) is 8.36. The van der Waals surface area contributed by atoms with Gasteiger partial charge in [0.15, 0.2) is 17.7 Å². The molecule has 1 aliphatic rings. The molecule has 2 aromatic heterocycles.